The lowest BCUT2D eigenvalue weighted by Gasteiger charge is -2.46. The highest BCUT2D eigenvalue weighted by Gasteiger charge is 2.40. The summed E-state index contributed by atoms with van der Waals surface area (Å²) < 4.78 is 11.5. The van der Waals surface area contributed by atoms with E-state index in [2.05, 4.69) is 11.8 Å². The molecular formula is C13H26N2O2. The fourth-order valence-corrected chi connectivity index (χ4v) is 3.17. The Hall–Kier alpha value is -0.160. The third-order valence-electron chi connectivity index (χ3n) is 4.21. The zero-order valence-electron chi connectivity index (χ0n) is 11.0. The topological polar surface area (TPSA) is 47.7 Å². The van der Waals surface area contributed by atoms with Gasteiger partial charge in [0.2, 0.25) is 0 Å². The predicted molar refractivity (Wildman–Crippen MR) is 68.1 cm³/mol. The van der Waals surface area contributed by atoms with Crippen LogP contribution in [0.3, 0.4) is 0 Å². The van der Waals surface area contributed by atoms with Gasteiger partial charge < -0.3 is 15.2 Å². The molecule has 2 fully saturated rings. The Bertz CT molecular complexity index is 224. The summed E-state index contributed by atoms with van der Waals surface area (Å²) in [6, 6.07) is 0.649. The first-order valence-electron chi connectivity index (χ1n) is 6.95. The summed E-state index contributed by atoms with van der Waals surface area (Å²) in [4.78, 5) is 2.51. The molecule has 1 atom stereocenters. The van der Waals surface area contributed by atoms with Crippen LogP contribution in [0.25, 0.3) is 0 Å². The van der Waals surface area contributed by atoms with E-state index in [1.807, 2.05) is 0 Å². The van der Waals surface area contributed by atoms with Crippen molar-refractivity contribution in [2.75, 3.05) is 39.5 Å². The van der Waals surface area contributed by atoms with E-state index in [-0.39, 0.29) is 5.60 Å². The Labute approximate surface area is 104 Å². The van der Waals surface area contributed by atoms with E-state index in [1.165, 1.54) is 0 Å². The van der Waals surface area contributed by atoms with Crippen LogP contribution in [0.5, 0.6) is 0 Å². The Morgan fingerprint density at radius 3 is 2.71 bits per heavy atom. The molecule has 4 nitrogen and oxygen atoms in total. The van der Waals surface area contributed by atoms with Gasteiger partial charge in [-0.05, 0) is 32.2 Å². The Morgan fingerprint density at radius 1 is 1.29 bits per heavy atom. The molecule has 0 radical (unpaired) electrons. The molecule has 0 bridgehead atoms. The SMILES string of the molecule is CCN(CCN)C1CCOC2(CCOCC2)C1. The third-order valence-corrected chi connectivity index (χ3v) is 4.21. The van der Waals surface area contributed by atoms with Gasteiger partial charge >= 0.3 is 0 Å². The number of hydrogen-bond acceptors (Lipinski definition) is 4. The van der Waals surface area contributed by atoms with Crippen LogP contribution in [0.2, 0.25) is 0 Å². The molecule has 2 heterocycles. The van der Waals surface area contributed by atoms with Gasteiger partial charge in [0.25, 0.3) is 0 Å². The molecule has 0 aromatic heterocycles. The molecule has 0 aliphatic carbocycles. The highest BCUT2D eigenvalue weighted by atomic mass is 16.5. The molecule has 0 amide bonds. The molecule has 100 valence electrons. The first-order valence-corrected chi connectivity index (χ1v) is 6.95. The minimum Gasteiger partial charge on any atom is -0.381 e. The van der Waals surface area contributed by atoms with Gasteiger partial charge in [-0.3, -0.25) is 4.90 Å². The Morgan fingerprint density at radius 2 is 2.06 bits per heavy atom. The van der Waals surface area contributed by atoms with Crippen LogP contribution in [0, 0.1) is 0 Å². The van der Waals surface area contributed by atoms with Crippen molar-refractivity contribution in [3.05, 3.63) is 0 Å². The fourth-order valence-electron chi connectivity index (χ4n) is 3.17. The maximum Gasteiger partial charge on any atom is 0.0741 e. The minimum absolute atomic E-state index is 0.100. The molecular weight excluding hydrogens is 216 g/mol. The van der Waals surface area contributed by atoms with E-state index in [9.17, 15) is 0 Å². The zero-order chi connectivity index (χ0) is 12.1. The molecule has 1 spiro atoms. The Balaban J connectivity index is 1.95. The smallest absolute Gasteiger partial charge is 0.0741 e. The molecule has 2 N–H and O–H groups in total. The van der Waals surface area contributed by atoms with Crippen molar-refractivity contribution in [3.63, 3.8) is 0 Å². The predicted octanol–water partition coefficient (Wildman–Crippen LogP) is 0.995. The lowest BCUT2D eigenvalue weighted by molar-refractivity contribution is -0.150. The summed E-state index contributed by atoms with van der Waals surface area (Å²) in [6.45, 7) is 7.68. The number of ether oxygens (including phenoxy) is 2. The van der Waals surface area contributed by atoms with Crippen LogP contribution in [-0.4, -0.2) is 56.0 Å². The number of nitrogens with zero attached hydrogens (tertiary/aromatic N) is 1. The quantitative estimate of drug-likeness (QED) is 0.799. The summed E-state index contributed by atoms with van der Waals surface area (Å²) in [5, 5.41) is 0. The summed E-state index contributed by atoms with van der Waals surface area (Å²) in [5.41, 5.74) is 5.79. The third kappa shape index (κ3) is 3.19. The molecule has 2 aliphatic rings. The average molecular weight is 242 g/mol. The van der Waals surface area contributed by atoms with Crippen molar-refractivity contribution in [3.8, 4) is 0 Å². The van der Waals surface area contributed by atoms with Crippen LogP contribution < -0.4 is 5.73 Å². The van der Waals surface area contributed by atoms with Crippen LogP contribution >= 0.6 is 0 Å². The van der Waals surface area contributed by atoms with Crippen LogP contribution in [0.15, 0.2) is 0 Å². The largest absolute Gasteiger partial charge is 0.381 e. The Kier molecular flexibility index (Phi) is 4.79. The monoisotopic (exact) mass is 242 g/mol. The second kappa shape index (κ2) is 6.14. The van der Waals surface area contributed by atoms with E-state index in [4.69, 9.17) is 15.2 Å². The van der Waals surface area contributed by atoms with E-state index in [0.29, 0.717) is 6.04 Å². The first-order chi connectivity index (χ1) is 8.29. The molecule has 0 aromatic carbocycles. The summed E-state index contributed by atoms with van der Waals surface area (Å²) in [7, 11) is 0. The normalized spacial score (nSPS) is 28.8. The zero-order valence-corrected chi connectivity index (χ0v) is 11.0. The second-order valence-electron chi connectivity index (χ2n) is 5.21. The van der Waals surface area contributed by atoms with Crippen molar-refractivity contribution in [2.24, 2.45) is 5.73 Å². The molecule has 2 rings (SSSR count). The number of nitrogens with two attached hydrogens (primary N) is 1. The average Bonchev–Trinajstić information content (AvgIpc) is 2.37. The van der Waals surface area contributed by atoms with E-state index in [1.54, 1.807) is 0 Å². The lowest BCUT2D eigenvalue weighted by atomic mass is 9.83. The molecule has 0 saturated carbocycles. The van der Waals surface area contributed by atoms with Gasteiger partial charge in [-0.1, -0.05) is 6.92 Å². The maximum atomic E-state index is 6.07. The highest BCUT2D eigenvalue weighted by Crippen LogP contribution is 2.35. The molecule has 4 heteroatoms. The van der Waals surface area contributed by atoms with Gasteiger partial charge in [0.05, 0.1) is 5.60 Å². The minimum atomic E-state index is 0.100. The summed E-state index contributed by atoms with van der Waals surface area (Å²) >= 11 is 0. The van der Waals surface area contributed by atoms with Gasteiger partial charge in [0.1, 0.15) is 0 Å². The van der Waals surface area contributed by atoms with E-state index < -0.39 is 0 Å². The number of likely N-dealkylation sites (N-methyl/N-ethyl adjacent to an activating group) is 1. The lowest BCUT2D eigenvalue weighted by Crippen LogP contribution is -2.51. The summed E-state index contributed by atoms with van der Waals surface area (Å²) in [6.07, 6.45) is 4.42. The van der Waals surface area contributed by atoms with E-state index in [0.717, 1.165) is 65.1 Å². The van der Waals surface area contributed by atoms with Crippen molar-refractivity contribution in [2.45, 2.75) is 44.2 Å². The molecule has 17 heavy (non-hydrogen) atoms. The van der Waals surface area contributed by atoms with E-state index >= 15 is 0 Å². The highest BCUT2D eigenvalue weighted by molar-refractivity contribution is 4.92. The van der Waals surface area contributed by atoms with Gasteiger partial charge in [-0.2, -0.15) is 0 Å². The first kappa shape index (κ1) is 13.3. The number of rotatable bonds is 4. The molecule has 0 aromatic rings. The van der Waals surface area contributed by atoms with Crippen molar-refractivity contribution >= 4 is 0 Å². The van der Waals surface area contributed by atoms with Crippen LogP contribution in [-0.2, 0) is 9.47 Å². The maximum absolute atomic E-state index is 6.07. The van der Waals surface area contributed by atoms with Gasteiger partial charge in [0, 0.05) is 39.0 Å². The van der Waals surface area contributed by atoms with Gasteiger partial charge in [-0.25, -0.2) is 0 Å². The standard InChI is InChI=1S/C13H26N2O2/c1-2-15(7-6-14)12-3-8-17-13(11-12)4-9-16-10-5-13/h12H,2-11,14H2,1H3. The van der Waals surface area contributed by atoms with Gasteiger partial charge in [-0.15, -0.1) is 0 Å². The molecule has 2 aliphatic heterocycles. The second-order valence-corrected chi connectivity index (χ2v) is 5.21. The van der Waals surface area contributed by atoms with Crippen molar-refractivity contribution in [1.82, 2.24) is 4.90 Å². The number of hydrogen-bond donors (Lipinski definition) is 1. The van der Waals surface area contributed by atoms with Crippen LogP contribution in [0.4, 0.5) is 0 Å². The van der Waals surface area contributed by atoms with Crippen molar-refractivity contribution < 1.29 is 9.47 Å². The molecule has 1 unspecified atom stereocenters. The molecule has 2 saturated heterocycles. The van der Waals surface area contributed by atoms with Crippen LogP contribution in [0.1, 0.15) is 32.6 Å². The van der Waals surface area contributed by atoms with Gasteiger partial charge in [0.15, 0.2) is 0 Å². The van der Waals surface area contributed by atoms with Crippen molar-refractivity contribution in [1.29, 1.82) is 0 Å². The summed E-state index contributed by atoms with van der Waals surface area (Å²) in [5.74, 6) is 0. The fraction of sp³-hybridized carbons (Fsp3) is 1.00.